The molecule has 21 heavy (non-hydrogen) atoms. The molecule has 1 fully saturated rings. The van der Waals surface area contributed by atoms with Crippen LogP contribution in [0.2, 0.25) is 0 Å². The minimum atomic E-state index is 0.204. The van der Waals surface area contributed by atoms with Crippen LogP contribution < -0.4 is 5.32 Å². The summed E-state index contributed by atoms with van der Waals surface area (Å²) in [6.45, 7) is 4.65. The van der Waals surface area contributed by atoms with Gasteiger partial charge in [0.15, 0.2) is 0 Å². The molecule has 2 heterocycles. The molecule has 1 amide bonds. The third kappa shape index (κ3) is 3.13. The van der Waals surface area contributed by atoms with Crippen LogP contribution in [0.4, 0.5) is 0 Å². The van der Waals surface area contributed by atoms with E-state index in [1.165, 1.54) is 0 Å². The third-order valence-electron chi connectivity index (χ3n) is 3.88. The van der Waals surface area contributed by atoms with Gasteiger partial charge >= 0.3 is 0 Å². The molecule has 1 atom stereocenters. The van der Waals surface area contributed by atoms with Crippen LogP contribution in [0.3, 0.4) is 0 Å². The number of rotatable bonds is 3. The number of hydrogen-bond donors (Lipinski definition) is 1. The normalized spacial score (nSPS) is 18.7. The summed E-state index contributed by atoms with van der Waals surface area (Å²) in [5.41, 5.74) is 2.05. The fourth-order valence-electron chi connectivity index (χ4n) is 2.68. The molecule has 1 aromatic carbocycles. The number of benzene rings is 1. The molecule has 0 radical (unpaired) electrons. The van der Waals surface area contributed by atoms with Crippen LogP contribution in [-0.4, -0.2) is 46.3 Å². The lowest BCUT2D eigenvalue weighted by Gasteiger charge is -2.34. The Morgan fingerprint density at radius 3 is 2.86 bits per heavy atom. The Labute approximate surface area is 124 Å². The van der Waals surface area contributed by atoms with E-state index in [0.29, 0.717) is 6.42 Å². The van der Waals surface area contributed by atoms with E-state index in [1.807, 2.05) is 46.1 Å². The number of carbonyl (C=O) groups is 1. The molecule has 3 rings (SSSR count). The van der Waals surface area contributed by atoms with Crippen molar-refractivity contribution in [3.63, 3.8) is 0 Å². The molecule has 0 bridgehead atoms. The first-order valence-corrected chi connectivity index (χ1v) is 7.33. The van der Waals surface area contributed by atoms with Crippen molar-refractivity contribution >= 4 is 5.91 Å². The summed E-state index contributed by atoms with van der Waals surface area (Å²) in [6.07, 6.45) is 4.12. The average Bonchev–Trinajstić information content (AvgIpc) is 3.02. The van der Waals surface area contributed by atoms with Crippen LogP contribution in [0.15, 0.2) is 42.7 Å². The number of hydrogen-bond acceptors (Lipinski definition) is 3. The summed E-state index contributed by atoms with van der Waals surface area (Å²) in [7, 11) is 0. The minimum Gasteiger partial charge on any atom is -0.337 e. The Bertz CT molecular complexity index is 591. The zero-order valence-corrected chi connectivity index (χ0v) is 12.2. The van der Waals surface area contributed by atoms with Crippen molar-refractivity contribution in [2.24, 2.45) is 0 Å². The molecule has 1 aliphatic rings. The monoisotopic (exact) mass is 284 g/mol. The lowest BCUT2D eigenvalue weighted by Crippen LogP contribution is -2.52. The smallest absolute Gasteiger partial charge is 0.227 e. The summed E-state index contributed by atoms with van der Waals surface area (Å²) in [4.78, 5) is 14.3. The third-order valence-corrected chi connectivity index (χ3v) is 3.88. The second-order valence-electron chi connectivity index (χ2n) is 5.43. The van der Waals surface area contributed by atoms with E-state index >= 15 is 0 Å². The van der Waals surface area contributed by atoms with Gasteiger partial charge in [0.25, 0.3) is 0 Å². The predicted molar refractivity (Wildman–Crippen MR) is 81.3 cm³/mol. The molecular formula is C16H20N4O. The van der Waals surface area contributed by atoms with E-state index in [2.05, 4.69) is 17.3 Å². The molecule has 0 saturated carbocycles. The van der Waals surface area contributed by atoms with Crippen LogP contribution in [0.5, 0.6) is 0 Å². The van der Waals surface area contributed by atoms with Gasteiger partial charge in [-0.25, -0.2) is 4.68 Å². The van der Waals surface area contributed by atoms with Gasteiger partial charge in [0.05, 0.1) is 12.1 Å². The highest BCUT2D eigenvalue weighted by Crippen LogP contribution is 2.11. The van der Waals surface area contributed by atoms with Gasteiger partial charge in [0.2, 0.25) is 5.91 Å². The van der Waals surface area contributed by atoms with E-state index in [0.717, 1.165) is 30.9 Å². The Morgan fingerprint density at radius 2 is 2.19 bits per heavy atom. The van der Waals surface area contributed by atoms with Crippen molar-refractivity contribution in [2.45, 2.75) is 19.4 Å². The molecule has 5 nitrogen and oxygen atoms in total. The van der Waals surface area contributed by atoms with Gasteiger partial charge in [-0.05, 0) is 30.7 Å². The van der Waals surface area contributed by atoms with E-state index in [-0.39, 0.29) is 11.9 Å². The van der Waals surface area contributed by atoms with Crippen LogP contribution in [0.1, 0.15) is 12.5 Å². The van der Waals surface area contributed by atoms with Crippen molar-refractivity contribution in [1.29, 1.82) is 0 Å². The second-order valence-corrected chi connectivity index (χ2v) is 5.43. The van der Waals surface area contributed by atoms with E-state index in [1.54, 1.807) is 6.20 Å². The maximum atomic E-state index is 12.4. The quantitative estimate of drug-likeness (QED) is 0.922. The molecule has 0 unspecified atom stereocenters. The number of aromatic nitrogens is 2. The molecule has 2 aromatic rings. The Morgan fingerprint density at radius 1 is 1.38 bits per heavy atom. The second kappa shape index (κ2) is 6.10. The standard InChI is InChI=1S/C16H20N4O/c1-13-12-17-8-10-19(13)16(21)11-14-3-5-15(6-4-14)20-9-2-7-18-20/h2-7,9,13,17H,8,10-12H2,1H3/t13-/m0/s1. The topological polar surface area (TPSA) is 50.2 Å². The molecule has 0 spiro atoms. The number of nitrogens with one attached hydrogen (secondary N) is 1. The minimum absolute atomic E-state index is 0.204. The number of amides is 1. The molecule has 0 aliphatic carbocycles. The summed E-state index contributed by atoms with van der Waals surface area (Å²) in [6, 6.07) is 10.2. The van der Waals surface area contributed by atoms with Gasteiger partial charge in [-0.1, -0.05) is 12.1 Å². The number of nitrogens with zero attached hydrogens (tertiary/aromatic N) is 3. The fourth-order valence-corrected chi connectivity index (χ4v) is 2.68. The summed E-state index contributed by atoms with van der Waals surface area (Å²) >= 11 is 0. The molecule has 110 valence electrons. The van der Waals surface area contributed by atoms with Gasteiger partial charge in [-0.3, -0.25) is 4.79 Å². The average molecular weight is 284 g/mol. The van der Waals surface area contributed by atoms with Crippen molar-refractivity contribution in [1.82, 2.24) is 20.0 Å². The van der Waals surface area contributed by atoms with Crippen LogP contribution in [0.25, 0.3) is 5.69 Å². The van der Waals surface area contributed by atoms with Crippen LogP contribution in [-0.2, 0) is 11.2 Å². The first-order valence-electron chi connectivity index (χ1n) is 7.33. The van der Waals surface area contributed by atoms with Crippen molar-refractivity contribution in [3.05, 3.63) is 48.3 Å². The lowest BCUT2D eigenvalue weighted by atomic mass is 10.1. The molecule has 1 N–H and O–H groups in total. The zero-order valence-electron chi connectivity index (χ0n) is 12.2. The van der Waals surface area contributed by atoms with Gasteiger partial charge in [-0.2, -0.15) is 5.10 Å². The molecule has 1 aromatic heterocycles. The first kappa shape index (κ1) is 13.8. The lowest BCUT2D eigenvalue weighted by molar-refractivity contribution is -0.133. The zero-order chi connectivity index (χ0) is 14.7. The maximum absolute atomic E-state index is 12.4. The van der Waals surface area contributed by atoms with Gasteiger partial charge in [0.1, 0.15) is 0 Å². The Balaban J connectivity index is 1.66. The maximum Gasteiger partial charge on any atom is 0.227 e. The highest BCUT2D eigenvalue weighted by atomic mass is 16.2. The highest BCUT2D eigenvalue weighted by Gasteiger charge is 2.22. The van der Waals surface area contributed by atoms with Gasteiger partial charge < -0.3 is 10.2 Å². The van der Waals surface area contributed by atoms with E-state index in [9.17, 15) is 4.79 Å². The summed E-state index contributed by atoms with van der Waals surface area (Å²) in [5.74, 6) is 0.204. The molecule has 5 heteroatoms. The predicted octanol–water partition coefficient (Wildman–Crippen LogP) is 1.24. The van der Waals surface area contributed by atoms with E-state index in [4.69, 9.17) is 0 Å². The SMILES string of the molecule is C[C@H]1CNCCN1C(=O)Cc1ccc(-n2cccn2)cc1. The Kier molecular flexibility index (Phi) is 4.01. The number of piperazine rings is 1. The van der Waals surface area contributed by atoms with Crippen LogP contribution >= 0.6 is 0 Å². The van der Waals surface area contributed by atoms with Crippen molar-refractivity contribution < 1.29 is 4.79 Å². The molecule has 1 saturated heterocycles. The summed E-state index contributed by atoms with van der Waals surface area (Å²) < 4.78 is 1.81. The molecule has 1 aliphatic heterocycles. The van der Waals surface area contributed by atoms with Gasteiger partial charge in [0, 0.05) is 38.1 Å². The van der Waals surface area contributed by atoms with Crippen molar-refractivity contribution in [3.8, 4) is 5.69 Å². The highest BCUT2D eigenvalue weighted by molar-refractivity contribution is 5.79. The first-order chi connectivity index (χ1) is 10.2. The van der Waals surface area contributed by atoms with Crippen molar-refractivity contribution in [2.75, 3.05) is 19.6 Å². The molecular weight excluding hydrogens is 264 g/mol. The fraction of sp³-hybridized carbons (Fsp3) is 0.375. The number of carbonyl (C=O) groups excluding carboxylic acids is 1. The largest absolute Gasteiger partial charge is 0.337 e. The Hall–Kier alpha value is -2.14. The van der Waals surface area contributed by atoms with E-state index < -0.39 is 0 Å². The van der Waals surface area contributed by atoms with Gasteiger partial charge in [-0.15, -0.1) is 0 Å². The summed E-state index contributed by atoms with van der Waals surface area (Å²) in [5, 5.41) is 7.50. The van der Waals surface area contributed by atoms with Crippen LogP contribution in [0, 0.1) is 0 Å².